The Bertz CT molecular complexity index is 691. The van der Waals surface area contributed by atoms with Crippen LogP contribution in [0.4, 0.5) is 0 Å². The van der Waals surface area contributed by atoms with Crippen LogP contribution in [-0.4, -0.2) is 38.3 Å². The highest BCUT2D eigenvalue weighted by atomic mass is 32.2. The van der Waals surface area contributed by atoms with Crippen LogP contribution in [0.3, 0.4) is 0 Å². The van der Waals surface area contributed by atoms with Crippen LogP contribution in [0.2, 0.25) is 0 Å². The number of benzene rings is 1. The van der Waals surface area contributed by atoms with Gasteiger partial charge in [0.05, 0.1) is 23.9 Å². The molecule has 24 heavy (non-hydrogen) atoms. The molecule has 1 rings (SSSR count). The average molecular weight is 376 g/mol. The lowest BCUT2D eigenvalue weighted by atomic mass is 10.0. The first-order valence-electron chi connectivity index (χ1n) is 7.81. The van der Waals surface area contributed by atoms with Crippen molar-refractivity contribution in [1.29, 1.82) is 0 Å². The maximum Gasteiger partial charge on any atom is 0.343 e. The van der Waals surface area contributed by atoms with Gasteiger partial charge in [0.2, 0.25) is 0 Å². The van der Waals surface area contributed by atoms with Gasteiger partial charge in [-0.05, 0) is 46.2 Å². The van der Waals surface area contributed by atoms with E-state index in [1.807, 2.05) is 0 Å². The Morgan fingerprint density at radius 1 is 1.12 bits per heavy atom. The van der Waals surface area contributed by atoms with Crippen LogP contribution in [0.25, 0.3) is 0 Å². The van der Waals surface area contributed by atoms with E-state index >= 15 is 0 Å². The zero-order valence-electron chi connectivity index (χ0n) is 14.5. The Morgan fingerprint density at radius 3 is 2.04 bits per heavy atom. The fourth-order valence-electron chi connectivity index (χ4n) is 2.25. The van der Waals surface area contributed by atoms with E-state index in [1.165, 1.54) is 26.0 Å². The minimum Gasteiger partial charge on any atom is -0.308 e. The summed E-state index contributed by atoms with van der Waals surface area (Å²) in [6.45, 7) is 6.22. The van der Waals surface area contributed by atoms with Crippen molar-refractivity contribution in [2.24, 2.45) is 0 Å². The van der Waals surface area contributed by atoms with Crippen LogP contribution >= 0.6 is 7.60 Å². The predicted octanol–water partition coefficient (Wildman–Crippen LogP) is 3.46. The van der Waals surface area contributed by atoms with E-state index in [2.05, 4.69) is 0 Å². The van der Waals surface area contributed by atoms with Gasteiger partial charge >= 0.3 is 7.60 Å². The first-order chi connectivity index (χ1) is 11.1. The minimum absolute atomic E-state index is 0.103. The molecule has 0 aliphatic heterocycles. The second-order valence-electron chi connectivity index (χ2n) is 5.54. The molecule has 1 aromatic carbocycles. The zero-order valence-corrected chi connectivity index (χ0v) is 16.2. The average Bonchev–Trinajstić information content (AvgIpc) is 2.53. The van der Waals surface area contributed by atoms with Crippen molar-refractivity contribution >= 4 is 23.2 Å². The summed E-state index contributed by atoms with van der Waals surface area (Å²) in [4.78, 5) is 12.4. The predicted molar refractivity (Wildman–Crippen MR) is 93.1 cm³/mol. The molecule has 0 amide bonds. The van der Waals surface area contributed by atoms with Gasteiger partial charge < -0.3 is 9.05 Å². The number of ketones is 1. The molecule has 0 saturated carbocycles. The Kier molecular flexibility index (Phi) is 7.35. The highest BCUT2D eigenvalue weighted by Crippen LogP contribution is 2.61. The molecule has 6 nitrogen and oxygen atoms in total. The molecular formula is C16H25O6PS. The minimum atomic E-state index is -3.79. The Labute approximate surface area is 144 Å². The van der Waals surface area contributed by atoms with Gasteiger partial charge in [0.1, 0.15) is 10.9 Å². The summed E-state index contributed by atoms with van der Waals surface area (Å²) in [5.74, 6) is -0.743. The van der Waals surface area contributed by atoms with Gasteiger partial charge in [-0.25, -0.2) is 8.42 Å². The van der Waals surface area contributed by atoms with E-state index in [9.17, 15) is 17.8 Å². The highest BCUT2D eigenvalue weighted by Gasteiger charge is 2.51. The topological polar surface area (TPSA) is 86.7 Å². The summed E-state index contributed by atoms with van der Waals surface area (Å²) in [5, 5.41) is -1.51. The van der Waals surface area contributed by atoms with Gasteiger partial charge in [-0.1, -0.05) is 18.2 Å². The molecule has 1 atom stereocenters. The van der Waals surface area contributed by atoms with E-state index in [0.717, 1.165) is 0 Å². The molecule has 0 heterocycles. The van der Waals surface area contributed by atoms with Crippen molar-refractivity contribution in [3.8, 4) is 0 Å². The van der Waals surface area contributed by atoms with Gasteiger partial charge in [-0.15, -0.1) is 0 Å². The molecule has 0 aliphatic rings. The summed E-state index contributed by atoms with van der Waals surface area (Å²) in [6, 6.07) is 7.96. The second kappa shape index (κ2) is 8.39. The molecular weight excluding hydrogens is 351 g/mol. The van der Waals surface area contributed by atoms with E-state index in [0.29, 0.717) is 0 Å². The highest BCUT2D eigenvalue weighted by molar-refractivity contribution is 7.91. The fourth-order valence-corrected chi connectivity index (χ4v) is 5.98. The molecule has 0 unspecified atom stereocenters. The summed E-state index contributed by atoms with van der Waals surface area (Å²) in [5.41, 5.74) is 0. The number of rotatable bonds is 10. The summed E-state index contributed by atoms with van der Waals surface area (Å²) < 4.78 is 48.6. The zero-order chi connectivity index (χ0) is 18.4. The van der Waals surface area contributed by atoms with Gasteiger partial charge in [0.25, 0.3) is 0 Å². The molecule has 0 saturated heterocycles. The van der Waals surface area contributed by atoms with Crippen molar-refractivity contribution in [2.45, 2.75) is 44.2 Å². The third kappa shape index (κ3) is 4.54. The lowest BCUT2D eigenvalue weighted by molar-refractivity contribution is -0.119. The molecule has 8 heteroatoms. The first kappa shape index (κ1) is 21.0. The molecule has 1 aromatic rings. The third-order valence-corrected chi connectivity index (χ3v) is 8.60. The normalized spacial score (nSPS) is 15.0. The van der Waals surface area contributed by atoms with E-state index < -0.39 is 28.4 Å². The third-order valence-electron chi connectivity index (χ3n) is 3.92. The lowest BCUT2D eigenvalue weighted by Gasteiger charge is -2.33. The number of Topliss-reactive ketones (excluding diaryl/α,β-unsaturated/α-hetero) is 1. The lowest BCUT2D eigenvalue weighted by Crippen LogP contribution is -2.37. The second-order valence-corrected chi connectivity index (χ2v) is 10.2. The molecule has 136 valence electrons. The SMILES string of the molecule is CCOP(=O)(OCC)[C@@](C)(CCS(=O)(=O)c1ccccc1)C(C)=O. The number of hydrogen-bond donors (Lipinski definition) is 0. The van der Waals surface area contributed by atoms with Crippen molar-refractivity contribution in [3.63, 3.8) is 0 Å². The first-order valence-corrected chi connectivity index (χ1v) is 11.0. The van der Waals surface area contributed by atoms with E-state index in [1.54, 1.807) is 32.0 Å². The molecule has 0 spiro atoms. The monoisotopic (exact) mass is 376 g/mol. The molecule has 0 fully saturated rings. The van der Waals surface area contributed by atoms with Crippen molar-refractivity contribution < 1.29 is 26.8 Å². The maximum atomic E-state index is 13.1. The van der Waals surface area contributed by atoms with Crippen LogP contribution in [0.1, 0.15) is 34.1 Å². The van der Waals surface area contributed by atoms with Gasteiger partial charge in [-0.2, -0.15) is 0 Å². The summed E-state index contributed by atoms with van der Waals surface area (Å²) in [7, 11) is -7.39. The summed E-state index contributed by atoms with van der Waals surface area (Å²) >= 11 is 0. The van der Waals surface area contributed by atoms with E-state index in [4.69, 9.17) is 9.05 Å². The maximum absolute atomic E-state index is 13.1. The molecule has 0 bridgehead atoms. The van der Waals surface area contributed by atoms with Crippen LogP contribution in [0.15, 0.2) is 35.2 Å². The van der Waals surface area contributed by atoms with Crippen LogP contribution in [0.5, 0.6) is 0 Å². The molecule has 0 radical (unpaired) electrons. The summed E-state index contributed by atoms with van der Waals surface area (Å²) in [6.07, 6.45) is -0.142. The Hall–Kier alpha value is -1.01. The Morgan fingerprint density at radius 2 is 1.62 bits per heavy atom. The quantitative estimate of drug-likeness (QED) is 0.581. The van der Waals surface area contributed by atoms with Crippen molar-refractivity contribution in [1.82, 2.24) is 0 Å². The van der Waals surface area contributed by atoms with Gasteiger partial charge in [0.15, 0.2) is 9.84 Å². The Balaban J connectivity index is 3.13. The number of hydrogen-bond acceptors (Lipinski definition) is 6. The molecule has 0 aromatic heterocycles. The number of carbonyl (C=O) groups is 1. The largest absolute Gasteiger partial charge is 0.343 e. The van der Waals surface area contributed by atoms with Crippen LogP contribution < -0.4 is 0 Å². The van der Waals surface area contributed by atoms with Crippen LogP contribution in [-0.2, 0) is 28.2 Å². The van der Waals surface area contributed by atoms with E-state index in [-0.39, 0.29) is 30.3 Å². The molecule has 0 aliphatic carbocycles. The van der Waals surface area contributed by atoms with Gasteiger partial charge in [-0.3, -0.25) is 9.36 Å². The number of sulfone groups is 1. The fraction of sp³-hybridized carbons (Fsp3) is 0.562. The molecule has 0 N–H and O–H groups in total. The van der Waals surface area contributed by atoms with Crippen molar-refractivity contribution in [3.05, 3.63) is 30.3 Å². The van der Waals surface area contributed by atoms with Gasteiger partial charge in [0, 0.05) is 0 Å². The standard InChI is InChI=1S/C16H25O6PS/c1-5-21-23(18,22-6-2)16(4,14(3)17)12-13-24(19,20)15-10-8-7-9-11-15/h7-11H,5-6,12-13H2,1-4H3/t16-/m0/s1. The number of carbonyl (C=O) groups excluding carboxylic acids is 1. The van der Waals surface area contributed by atoms with Crippen molar-refractivity contribution in [2.75, 3.05) is 19.0 Å². The van der Waals surface area contributed by atoms with Crippen LogP contribution in [0, 0.1) is 0 Å². The smallest absolute Gasteiger partial charge is 0.308 e.